The Hall–Kier alpha value is -6.12. The quantitative estimate of drug-likeness (QED) is 0.0864. The molecule has 0 saturated carbocycles. The second-order valence-corrected chi connectivity index (χ2v) is 14.9. The standard InChI is InChI=1S/C23H26N4O2S.C19H18N4O2S/c1-23(2,3)20-19(15-27(26-20)22(28)29)17-10-12-18(13-11-17)25-21(30-4)24-14-16-8-6-5-7-9-16;1-26-18(20-11-14-7-3-2-4-8-14)22-17-10-6-5-9-16(17)15-12-21-23(13-15)19(24)25/h5-13,15H,14H2,1-4H3,(H,24,25)(H,28,29);2-10,12-13H,11H2,1H3,(H,20,22)(H,24,25). The molecule has 6 aromatic rings. The number of hydrogen-bond donors (Lipinski definition) is 4. The zero-order valence-electron chi connectivity index (χ0n) is 31.7. The van der Waals surface area contributed by atoms with Gasteiger partial charge in [0, 0.05) is 47.6 Å². The van der Waals surface area contributed by atoms with Crippen LogP contribution in [0.25, 0.3) is 22.3 Å². The Morgan fingerprint density at radius 1 is 0.661 bits per heavy atom. The van der Waals surface area contributed by atoms with Gasteiger partial charge in [0.15, 0.2) is 10.3 Å². The molecular weight excluding hydrogens is 745 g/mol. The lowest BCUT2D eigenvalue weighted by Gasteiger charge is -2.17. The molecule has 0 aliphatic rings. The van der Waals surface area contributed by atoms with Gasteiger partial charge in [-0.05, 0) is 47.4 Å². The number of para-hydroxylation sites is 1. The first kappa shape index (κ1) is 41.1. The lowest BCUT2D eigenvalue weighted by atomic mass is 9.87. The van der Waals surface area contributed by atoms with E-state index < -0.39 is 12.2 Å². The Kier molecular flexibility index (Phi) is 14.3. The van der Waals surface area contributed by atoms with Crippen LogP contribution in [0.2, 0.25) is 0 Å². The van der Waals surface area contributed by atoms with Gasteiger partial charge in [-0.1, -0.05) is 135 Å². The van der Waals surface area contributed by atoms with E-state index in [4.69, 9.17) is 10.1 Å². The summed E-state index contributed by atoms with van der Waals surface area (Å²) in [5, 5.41) is 34.8. The smallest absolute Gasteiger partial charge is 0.432 e. The zero-order valence-corrected chi connectivity index (χ0v) is 33.4. The van der Waals surface area contributed by atoms with E-state index in [-0.39, 0.29) is 5.41 Å². The third-order valence-electron chi connectivity index (χ3n) is 8.21. The van der Waals surface area contributed by atoms with Crippen molar-refractivity contribution in [2.24, 2.45) is 9.98 Å². The van der Waals surface area contributed by atoms with E-state index in [1.165, 1.54) is 35.3 Å². The average Bonchev–Trinajstić information content (AvgIpc) is 3.89. The highest BCUT2D eigenvalue weighted by molar-refractivity contribution is 8.13. The Labute approximate surface area is 334 Å². The van der Waals surface area contributed by atoms with Gasteiger partial charge >= 0.3 is 12.2 Å². The predicted molar refractivity (Wildman–Crippen MR) is 229 cm³/mol. The number of hydrogen-bond acceptors (Lipinski definition) is 8. The normalized spacial score (nSPS) is 11.7. The van der Waals surface area contributed by atoms with Crippen LogP contribution in [0, 0.1) is 0 Å². The first-order valence-corrected chi connectivity index (χ1v) is 20.0. The molecule has 0 unspecified atom stereocenters. The maximum atomic E-state index is 11.4. The van der Waals surface area contributed by atoms with Gasteiger partial charge < -0.3 is 20.8 Å². The molecule has 4 N–H and O–H groups in total. The van der Waals surface area contributed by atoms with Crippen molar-refractivity contribution in [3.8, 4) is 22.3 Å². The molecule has 288 valence electrons. The van der Waals surface area contributed by atoms with Crippen molar-refractivity contribution in [2.75, 3.05) is 12.5 Å². The minimum absolute atomic E-state index is 0.278. The molecule has 0 bridgehead atoms. The number of nitrogens with zero attached hydrogens (tertiary/aromatic N) is 6. The first-order valence-electron chi connectivity index (χ1n) is 17.6. The van der Waals surface area contributed by atoms with E-state index in [0.29, 0.717) is 18.7 Å². The Morgan fingerprint density at radius 3 is 1.71 bits per heavy atom. The van der Waals surface area contributed by atoms with Crippen molar-refractivity contribution in [1.82, 2.24) is 30.2 Å². The average molecular weight is 789 g/mol. The number of amidine groups is 2. The van der Waals surface area contributed by atoms with Crippen LogP contribution >= 0.6 is 23.5 Å². The van der Waals surface area contributed by atoms with Crippen LogP contribution in [0.15, 0.2) is 138 Å². The van der Waals surface area contributed by atoms with Crippen LogP contribution in [0.4, 0.5) is 21.0 Å². The van der Waals surface area contributed by atoms with Gasteiger partial charge in [0.1, 0.15) is 0 Å². The van der Waals surface area contributed by atoms with Crippen molar-refractivity contribution in [3.63, 3.8) is 0 Å². The largest absolute Gasteiger partial charge is 0.463 e. The van der Waals surface area contributed by atoms with Crippen molar-refractivity contribution in [1.29, 1.82) is 0 Å². The van der Waals surface area contributed by atoms with Gasteiger partial charge in [0.25, 0.3) is 0 Å². The summed E-state index contributed by atoms with van der Waals surface area (Å²) in [6.45, 7) is 7.45. The Morgan fingerprint density at radius 2 is 1.20 bits per heavy atom. The maximum absolute atomic E-state index is 11.4. The van der Waals surface area contributed by atoms with Crippen molar-refractivity contribution >= 4 is 57.4 Å². The number of benzene rings is 4. The SMILES string of the molecule is CSC(=Nc1ccc(-c2cn(C(=O)O)nc2C(C)(C)C)cc1)NCc1ccccc1.CSC(=Nc1ccccc1-c1cnn(C(=O)O)c1)NCc1ccccc1. The molecular formula is C42H44N8O4S2. The molecule has 0 amide bonds. The molecule has 4 aromatic carbocycles. The fourth-order valence-electron chi connectivity index (χ4n) is 5.42. The summed E-state index contributed by atoms with van der Waals surface area (Å²) < 4.78 is 1.86. The molecule has 12 nitrogen and oxygen atoms in total. The molecule has 0 spiro atoms. The highest BCUT2D eigenvalue weighted by atomic mass is 32.2. The lowest BCUT2D eigenvalue weighted by Crippen LogP contribution is -2.19. The van der Waals surface area contributed by atoms with E-state index in [1.807, 2.05) is 118 Å². The minimum Gasteiger partial charge on any atom is -0.463 e. The molecule has 2 heterocycles. The summed E-state index contributed by atoms with van der Waals surface area (Å²) in [5.41, 5.74) is 7.67. The molecule has 0 aliphatic heterocycles. The van der Waals surface area contributed by atoms with Crippen molar-refractivity contribution in [3.05, 3.63) is 145 Å². The van der Waals surface area contributed by atoms with Crippen molar-refractivity contribution < 1.29 is 19.8 Å². The summed E-state index contributed by atoms with van der Waals surface area (Å²) in [5.74, 6) is 0. The van der Waals surface area contributed by atoms with Gasteiger partial charge in [0.2, 0.25) is 0 Å². The lowest BCUT2D eigenvalue weighted by molar-refractivity contribution is 0.191. The fraction of sp³-hybridized carbons (Fsp3) is 0.190. The first-order chi connectivity index (χ1) is 26.9. The summed E-state index contributed by atoms with van der Waals surface area (Å²) >= 11 is 3.08. The van der Waals surface area contributed by atoms with Gasteiger partial charge in [-0.25, -0.2) is 19.6 Å². The molecule has 0 saturated heterocycles. The highest BCUT2D eigenvalue weighted by Gasteiger charge is 2.24. The topological polar surface area (TPSA) is 159 Å². The number of aromatic nitrogens is 4. The molecule has 56 heavy (non-hydrogen) atoms. The summed E-state index contributed by atoms with van der Waals surface area (Å²) in [7, 11) is 0. The summed E-state index contributed by atoms with van der Waals surface area (Å²) in [6, 6.07) is 35.6. The maximum Gasteiger partial charge on any atom is 0.432 e. The Bertz CT molecular complexity index is 2280. The van der Waals surface area contributed by atoms with Gasteiger partial charge in [-0.3, -0.25) is 0 Å². The number of nitrogens with one attached hydrogen (secondary N) is 2. The molecule has 0 radical (unpaired) electrons. The van der Waals surface area contributed by atoms with E-state index >= 15 is 0 Å². The van der Waals surface area contributed by atoms with E-state index in [1.54, 1.807) is 18.0 Å². The molecule has 2 aromatic heterocycles. The van der Waals surface area contributed by atoms with Crippen LogP contribution < -0.4 is 10.6 Å². The van der Waals surface area contributed by atoms with E-state index in [9.17, 15) is 14.7 Å². The number of thioether (sulfide) groups is 2. The molecule has 0 fully saturated rings. The number of aliphatic imine (C=N–C) groups is 2. The molecule has 14 heteroatoms. The van der Waals surface area contributed by atoms with Gasteiger partial charge in [-0.15, -0.1) is 0 Å². The second-order valence-electron chi connectivity index (χ2n) is 13.3. The minimum atomic E-state index is -1.12. The molecule has 0 aliphatic carbocycles. The fourth-order valence-corrected chi connectivity index (χ4v) is 6.24. The van der Waals surface area contributed by atoms with Crippen LogP contribution in [-0.2, 0) is 18.5 Å². The van der Waals surface area contributed by atoms with Gasteiger partial charge in [0.05, 0.1) is 23.3 Å². The summed E-state index contributed by atoms with van der Waals surface area (Å²) in [6.07, 6.45) is 6.30. The zero-order chi connectivity index (χ0) is 40.1. The van der Waals surface area contributed by atoms with E-state index in [0.717, 1.165) is 53.5 Å². The monoisotopic (exact) mass is 788 g/mol. The third kappa shape index (κ3) is 11.4. The van der Waals surface area contributed by atoms with Crippen LogP contribution in [0.1, 0.15) is 37.6 Å². The number of rotatable bonds is 8. The molecule has 0 atom stereocenters. The second kappa shape index (κ2) is 19.5. The van der Waals surface area contributed by atoms with Crippen LogP contribution in [0.3, 0.4) is 0 Å². The van der Waals surface area contributed by atoms with Gasteiger partial charge in [-0.2, -0.15) is 19.6 Å². The van der Waals surface area contributed by atoms with Crippen molar-refractivity contribution in [2.45, 2.75) is 39.3 Å². The number of carboxylic acid groups (broad SMARTS) is 2. The van der Waals surface area contributed by atoms with E-state index in [2.05, 4.69) is 50.1 Å². The third-order valence-corrected chi connectivity index (χ3v) is 9.45. The predicted octanol–water partition coefficient (Wildman–Crippen LogP) is 9.73. The van der Waals surface area contributed by atoms with Crippen LogP contribution in [0.5, 0.6) is 0 Å². The number of carbonyl (C=O) groups is 2. The van der Waals surface area contributed by atoms with Crippen LogP contribution in [-0.4, -0.2) is 64.8 Å². The Balaban J connectivity index is 0.000000216. The molecule has 6 rings (SSSR count). The summed E-state index contributed by atoms with van der Waals surface area (Å²) in [4.78, 5) is 31.8. The highest BCUT2D eigenvalue weighted by Crippen LogP contribution is 2.33.